The molecule has 1 aliphatic heterocycles. The van der Waals surface area contributed by atoms with Gasteiger partial charge in [-0.3, -0.25) is 0 Å². The first-order valence-corrected chi connectivity index (χ1v) is 6.06. The Labute approximate surface area is 102 Å². The Morgan fingerprint density at radius 1 is 1.35 bits per heavy atom. The monoisotopic (exact) mass is 233 g/mol. The molecule has 0 saturated heterocycles. The number of carbonyl (C=O) groups excluding carboxylic acids is 1. The highest BCUT2D eigenvalue weighted by Crippen LogP contribution is 2.27. The third-order valence-corrected chi connectivity index (χ3v) is 2.69. The second kappa shape index (κ2) is 4.40. The Bertz CT molecular complexity index is 432. The minimum atomic E-state index is -0.450. The van der Waals surface area contributed by atoms with Gasteiger partial charge in [0, 0.05) is 6.54 Å². The van der Waals surface area contributed by atoms with Crippen LogP contribution in [0.1, 0.15) is 43.1 Å². The molecule has 0 unspecified atom stereocenters. The molecular formula is C14H19NO2. The Kier molecular flexibility index (Phi) is 3.09. The molecular weight excluding hydrogens is 214 g/mol. The van der Waals surface area contributed by atoms with Crippen LogP contribution in [0.25, 0.3) is 0 Å². The number of hydrogen-bond acceptors (Lipinski definition) is 3. The van der Waals surface area contributed by atoms with E-state index in [-0.39, 0.29) is 5.97 Å². The Hall–Kier alpha value is -1.51. The third kappa shape index (κ3) is 2.78. The highest BCUT2D eigenvalue weighted by atomic mass is 16.6. The van der Waals surface area contributed by atoms with Crippen molar-refractivity contribution in [3.63, 3.8) is 0 Å². The van der Waals surface area contributed by atoms with Gasteiger partial charge in [0.1, 0.15) is 5.60 Å². The summed E-state index contributed by atoms with van der Waals surface area (Å²) < 4.78 is 5.41. The van der Waals surface area contributed by atoms with Crippen LogP contribution in [-0.4, -0.2) is 18.1 Å². The zero-order valence-corrected chi connectivity index (χ0v) is 10.7. The van der Waals surface area contributed by atoms with E-state index < -0.39 is 5.60 Å². The van der Waals surface area contributed by atoms with E-state index in [1.165, 1.54) is 5.56 Å². The fourth-order valence-electron chi connectivity index (χ4n) is 2.01. The van der Waals surface area contributed by atoms with E-state index in [1.807, 2.05) is 32.9 Å². The van der Waals surface area contributed by atoms with E-state index >= 15 is 0 Å². The van der Waals surface area contributed by atoms with Crippen LogP contribution in [0.15, 0.2) is 18.2 Å². The van der Waals surface area contributed by atoms with E-state index in [0.29, 0.717) is 5.56 Å². The predicted octanol–water partition coefficient (Wildman–Crippen LogP) is 3.00. The number of fused-ring (bicyclic) bond motifs is 1. The van der Waals surface area contributed by atoms with Crippen molar-refractivity contribution < 1.29 is 9.53 Å². The molecule has 1 aromatic rings. The summed E-state index contributed by atoms with van der Waals surface area (Å²) in [5, 5.41) is 3.30. The number of nitrogens with one attached hydrogen (secondary N) is 1. The molecule has 92 valence electrons. The molecule has 0 radical (unpaired) electrons. The molecule has 0 bridgehead atoms. The normalized spacial score (nSPS) is 14.8. The number of ether oxygens (including phenoxy) is 1. The molecule has 0 saturated carbocycles. The lowest BCUT2D eigenvalue weighted by atomic mass is 9.99. The highest BCUT2D eigenvalue weighted by Gasteiger charge is 2.22. The van der Waals surface area contributed by atoms with E-state index in [1.54, 1.807) is 0 Å². The van der Waals surface area contributed by atoms with Crippen molar-refractivity contribution in [2.45, 2.75) is 39.2 Å². The lowest BCUT2D eigenvalue weighted by Gasteiger charge is -2.23. The fraction of sp³-hybridized carbons (Fsp3) is 0.500. The molecule has 0 spiro atoms. The number of rotatable bonds is 1. The molecule has 1 heterocycles. The van der Waals surface area contributed by atoms with Crippen LogP contribution in [-0.2, 0) is 11.2 Å². The summed E-state index contributed by atoms with van der Waals surface area (Å²) in [6, 6.07) is 5.81. The lowest BCUT2D eigenvalue weighted by Crippen LogP contribution is -2.25. The molecule has 0 aromatic heterocycles. The number of anilines is 1. The molecule has 3 heteroatoms. The molecule has 0 atom stereocenters. The average Bonchev–Trinajstić information content (AvgIpc) is 2.26. The SMILES string of the molecule is CC(C)(C)OC(=O)c1cccc2c1NCCC2. The molecule has 0 fully saturated rings. The van der Waals surface area contributed by atoms with Crippen LogP contribution in [0.3, 0.4) is 0 Å². The second-order valence-electron chi connectivity index (χ2n) is 5.37. The summed E-state index contributed by atoms with van der Waals surface area (Å²) in [7, 11) is 0. The third-order valence-electron chi connectivity index (χ3n) is 2.69. The maximum atomic E-state index is 12.1. The van der Waals surface area contributed by atoms with Gasteiger partial charge in [-0.1, -0.05) is 12.1 Å². The predicted molar refractivity (Wildman–Crippen MR) is 68.4 cm³/mol. The molecule has 17 heavy (non-hydrogen) atoms. The van der Waals surface area contributed by atoms with E-state index in [9.17, 15) is 4.79 Å². The topological polar surface area (TPSA) is 38.3 Å². The highest BCUT2D eigenvalue weighted by molar-refractivity contribution is 5.96. The van der Waals surface area contributed by atoms with Crippen LogP contribution in [0.5, 0.6) is 0 Å². The van der Waals surface area contributed by atoms with Crippen LogP contribution in [0.4, 0.5) is 5.69 Å². The van der Waals surface area contributed by atoms with Gasteiger partial charge < -0.3 is 10.1 Å². The van der Waals surface area contributed by atoms with Crippen LogP contribution < -0.4 is 5.32 Å². The van der Waals surface area contributed by atoms with Gasteiger partial charge >= 0.3 is 5.97 Å². The first kappa shape index (κ1) is 12.0. The first-order chi connectivity index (χ1) is 7.97. The molecule has 1 N–H and O–H groups in total. The number of aryl methyl sites for hydroxylation is 1. The average molecular weight is 233 g/mol. The molecule has 1 aliphatic rings. The summed E-state index contributed by atoms with van der Waals surface area (Å²) in [5.41, 5.74) is 2.36. The Morgan fingerprint density at radius 2 is 2.12 bits per heavy atom. The fourth-order valence-corrected chi connectivity index (χ4v) is 2.01. The number of esters is 1. The number of carbonyl (C=O) groups is 1. The van der Waals surface area contributed by atoms with Gasteiger partial charge in [-0.05, 0) is 45.2 Å². The van der Waals surface area contributed by atoms with Crippen molar-refractivity contribution in [3.8, 4) is 0 Å². The summed E-state index contributed by atoms with van der Waals surface area (Å²) in [4.78, 5) is 12.1. The van der Waals surface area contributed by atoms with Gasteiger partial charge in [0.2, 0.25) is 0 Å². The summed E-state index contributed by atoms with van der Waals surface area (Å²) >= 11 is 0. The van der Waals surface area contributed by atoms with Gasteiger partial charge in [0.25, 0.3) is 0 Å². The lowest BCUT2D eigenvalue weighted by molar-refractivity contribution is 0.00705. The van der Waals surface area contributed by atoms with Crippen molar-refractivity contribution in [3.05, 3.63) is 29.3 Å². The first-order valence-electron chi connectivity index (χ1n) is 6.06. The molecule has 0 aliphatic carbocycles. The van der Waals surface area contributed by atoms with Gasteiger partial charge in [0.15, 0.2) is 0 Å². The standard InChI is InChI=1S/C14H19NO2/c1-14(2,3)17-13(16)11-8-4-6-10-7-5-9-15-12(10)11/h4,6,8,15H,5,7,9H2,1-3H3. The van der Waals surface area contributed by atoms with Gasteiger partial charge in [0.05, 0.1) is 11.3 Å². The maximum Gasteiger partial charge on any atom is 0.340 e. The quantitative estimate of drug-likeness (QED) is 0.758. The molecule has 3 nitrogen and oxygen atoms in total. The zero-order valence-electron chi connectivity index (χ0n) is 10.7. The van der Waals surface area contributed by atoms with E-state index in [0.717, 1.165) is 25.1 Å². The van der Waals surface area contributed by atoms with Crippen molar-refractivity contribution in [2.24, 2.45) is 0 Å². The minimum absolute atomic E-state index is 0.247. The van der Waals surface area contributed by atoms with Gasteiger partial charge in [-0.15, -0.1) is 0 Å². The van der Waals surface area contributed by atoms with Crippen LogP contribution >= 0.6 is 0 Å². The maximum absolute atomic E-state index is 12.1. The summed E-state index contributed by atoms with van der Waals surface area (Å²) in [5.74, 6) is -0.247. The van der Waals surface area contributed by atoms with Crippen molar-refractivity contribution >= 4 is 11.7 Å². The summed E-state index contributed by atoms with van der Waals surface area (Å²) in [6.07, 6.45) is 2.14. The van der Waals surface area contributed by atoms with Gasteiger partial charge in [-0.2, -0.15) is 0 Å². The zero-order chi connectivity index (χ0) is 12.5. The molecule has 1 aromatic carbocycles. The number of benzene rings is 1. The second-order valence-corrected chi connectivity index (χ2v) is 5.37. The van der Waals surface area contributed by atoms with Crippen molar-refractivity contribution in [2.75, 3.05) is 11.9 Å². The van der Waals surface area contributed by atoms with Crippen LogP contribution in [0, 0.1) is 0 Å². The van der Waals surface area contributed by atoms with Crippen molar-refractivity contribution in [1.29, 1.82) is 0 Å². The van der Waals surface area contributed by atoms with E-state index in [2.05, 4.69) is 11.4 Å². The largest absolute Gasteiger partial charge is 0.456 e. The molecule has 2 rings (SSSR count). The van der Waals surface area contributed by atoms with Crippen LogP contribution in [0.2, 0.25) is 0 Å². The number of hydrogen-bond donors (Lipinski definition) is 1. The Balaban J connectivity index is 2.29. The van der Waals surface area contributed by atoms with Crippen molar-refractivity contribution in [1.82, 2.24) is 0 Å². The Morgan fingerprint density at radius 3 is 2.82 bits per heavy atom. The van der Waals surface area contributed by atoms with E-state index in [4.69, 9.17) is 4.74 Å². The minimum Gasteiger partial charge on any atom is -0.456 e. The molecule has 0 amide bonds. The van der Waals surface area contributed by atoms with Gasteiger partial charge in [-0.25, -0.2) is 4.79 Å². The summed E-state index contributed by atoms with van der Waals surface area (Å²) in [6.45, 7) is 6.57. The smallest absolute Gasteiger partial charge is 0.340 e. The number of para-hydroxylation sites is 1.